The van der Waals surface area contributed by atoms with E-state index in [-0.39, 0.29) is 17.7 Å². The Balaban J connectivity index is 1.94. The van der Waals surface area contributed by atoms with E-state index in [9.17, 15) is 8.78 Å². The second kappa shape index (κ2) is 5.74. The summed E-state index contributed by atoms with van der Waals surface area (Å²) in [5, 5.41) is 12.0. The van der Waals surface area contributed by atoms with Crippen LogP contribution in [0, 0.1) is 23.0 Å². The zero-order chi connectivity index (χ0) is 15.5. The Morgan fingerprint density at radius 1 is 1.09 bits per heavy atom. The van der Waals surface area contributed by atoms with Gasteiger partial charge in [-0.3, -0.25) is 0 Å². The number of nitriles is 1. The van der Waals surface area contributed by atoms with Crippen molar-refractivity contribution in [3.05, 3.63) is 65.5 Å². The van der Waals surface area contributed by atoms with E-state index in [0.29, 0.717) is 16.6 Å². The summed E-state index contributed by atoms with van der Waals surface area (Å²) >= 11 is 0. The molecule has 6 heteroatoms. The van der Waals surface area contributed by atoms with Gasteiger partial charge in [0.1, 0.15) is 23.8 Å². The lowest BCUT2D eigenvalue weighted by Crippen LogP contribution is -2.05. The van der Waals surface area contributed by atoms with Crippen LogP contribution in [-0.4, -0.2) is 9.97 Å². The lowest BCUT2D eigenvalue weighted by atomic mass is 10.1. The lowest BCUT2D eigenvalue weighted by molar-refractivity contribution is 0.612. The molecule has 1 heterocycles. The molecule has 1 aromatic heterocycles. The highest BCUT2D eigenvalue weighted by molar-refractivity contribution is 5.89. The van der Waals surface area contributed by atoms with Crippen LogP contribution in [0.2, 0.25) is 0 Å². The van der Waals surface area contributed by atoms with Gasteiger partial charge in [-0.2, -0.15) is 5.26 Å². The third-order valence-corrected chi connectivity index (χ3v) is 3.23. The smallest absolute Gasteiger partial charge is 0.140 e. The lowest BCUT2D eigenvalue weighted by Gasteiger charge is -2.09. The van der Waals surface area contributed by atoms with Crippen LogP contribution in [0.1, 0.15) is 11.1 Å². The van der Waals surface area contributed by atoms with Gasteiger partial charge in [-0.25, -0.2) is 18.7 Å². The minimum absolute atomic E-state index is 0.0851. The van der Waals surface area contributed by atoms with Crippen molar-refractivity contribution in [1.29, 1.82) is 5.26 Å². The van der Waals surface area contributed by atoms with E-state index in [1.807, 2.05) is 6.07 Å². The van der Waals surface area contributed by atoms with Crippen molar-refractivity contribution in [2.75, 3.05) is 5.32 Å². The highest BCUT2D eigenvalue weighted by Crippen LogP contribution is 2.23. The predicted octanol–water partition coefficient (Wildman–Crippen LogP) is 3.39. The summed E-state index contributed by atoms with van der Waals surface area (Å²) in [5.41, 5.74) is 1.13. The molecular weight excluding hydrogens is 286 g/mol. The molecule has 0 aliphatic carbocycles. The van der Waals surface area contributed by atoms with Crippen LogP contribution in [-0.2, 0) is 6.54 Å². The molecule has 1 N–H and O–H groups in total. The first kappa shape index (κ1) is 13.9. The number of nitrogens with one attached hydrogen (secondary N) is 1. The molecule has 3 rings (SSSR count). The van der Waals surface area contributed by atoms with E-state index in [1.165, 1.54) is 30.6 Å². The summed E-state index contributed by atoms with van der Waals surface area (Å²) in [6, 6.07) is 10.6. The number of aromatic nitrogens is 2. The molecule has 0 atom stereocenters. The molecule has 0 spiro atoms. The van der Waals surface area contributed by atoms with Crippen molar-refractivity contribution in [2.45, 2.75) is 6.54 Å². The van der Waals surface area contributed by atoms with Gasteiger partial charge in [0, 0.05) is 12.1 Å². The number of nitrogens with zero attached hydrogens (tertiary/aromatic N) is 3. The Morgan fingerprint density at radius 3 is 2.77 bits per heavy atom. The molecule has 2 aromatic carbocycles. The standard InChI is InChI=1S/C16H10F2N4/c17-12-5-4-10(7-19)6-11(12)8-20-16-15-13(18)2-1-3-14(15)21-9-22-16/h1-6,9H,8H2,(H,20,21,22). The molecule has 0 fully saturated rings. The van der Waals surface area contributed by atoms with E-state index in [4.69, 9.17) is 5.26 Å². The van der Waals surface area contributed by atoms with Crippen LogP contribution in [0.3, 0.4) is 0 Å². The quantitative estimate of drug-likeness (QED) is 0.804. The zero-order valence-electron chi connectivity index (χ0n) is 11.3. The molecule has 0 aliphatic heterocycles. The van der Waals surface area contributed by atoms with Gasteiger partial charge in [0.05, 0.1) is 22.5 Å². The van der Waals surface area contributed by atoms with Crippen molar-refractivity contribution < 1.29 is 8.78 Å². The number of rotatable bonds is 3. The molecular formula is C16H10F2N4. The topological polar surface area (TPSA) is 61.6 Å². The number of hydrogen-bond donors (Lipinski definition) is 1. The summed E-state index contributed by atoms with van der Waals surface area (Å²) in [5.74, 6) is -0.609. The second-order valence-corrected chi connectivity index (χ2v) is 4.63. The maximum atomic E-state index is 13.9. The molecule has 22 heavy (non-hydrogen) atoms. The first-order valence-electron chi connectivity index (χ1n) is 6.50. The first-order chi connectivity index (χ1) is 10.7. The number of fused-ring (bicyclic) bond motifs is 1. The fourth-order valence-electron chi connectivity index (χ4n) is 2.16. The van der Waals surface area contributed by atoms with Crippen LogP contribution in [0.4, 0.5) is 14.6 Å². The molecule has 0 aliphatic rings. The Hall–Kier alpha value is -3.07. The largest absolute Gasteiger partial charge is 0.365 e. The third-order valence-electron chi connectivity index (χ3n) is 3.23. The Morgan fingerprint density at radius 2 is 1.95 bits per heavy atom. The molecule has 108 valence electrons. The Labute approximate surface area is 125 Å². The minimum atomic E-state index is -0.452. The summed E-state index contributed by atoms with van der Waals surface area (Å²) in [4.78, 5) is 8.00. The van der Waals surface area contributed by atoms with Crippen molar-refractivity contribution in [3.63, 3.8) is 0 Å². The van der Waals surface area contributed by atoms with Crippen LogP contribution in [0.5, 0.6) is 0 Å². The van der Waals surface area contributed by atoms with Crippen molar-refractivity contribution >= 4 is 16.7 Å². The summed E-state index contributed by atoms with van der Waals surface area (Å²) in [6.07, 6.45) is 1.31. The van der Waals surface area contributed by atoms with Crippen LogP contribution in [0.15, 0.2) is 42.7 Å². The SMILES string of the molecule is N#Cc1ccc(F)c(CNc2ncnc3cccc(F)c23)c1. The first-order valence-corrected chi connectivity index (χ1v) is 6.50. The van der Waals surface area contributed by atoms with Gasteiger partial charge in [0.15, 0.2) is 0 Å². The highest BCUT2D eigenvalue weighted by Gasteiger charge is 2.10. The van der Waals surface area contributed by atoms with Gasteiger partial charge >= 0.3 is 0 Å². The number of hydrogen-bond acceptors (Lipinski definition) is 4. The Bertz CT molecular complexity index is 882. The molecule has 0 unspecified atom stereocenters. The average molecular weight is 296 g/mol. The van der Waals surface area contributed by atoms with Crippen LogP contribution < -0.4 is 5.32 Å². The van der Waals surface area contributed by atoms with Gasteiger partial charge in [-0.05, 0) is 30.3 Å². The number of anilines is 1. The number of halogens is 2. The van der Waals surface area contributed by atoms with Crippen LogP contribution >= 0.6 is 0 Å². The van der Waals surface area contributed by atoms with E-state index >= 15 is 0 Å². The number of benzene rings is 2. The van der Waals surface area contributed by atoms with E-state index in [1.54, 1.807) is 12.1 Å². The maximum Gasteiger partial charge on any atom is 0.140 e. The zero-order valence-corrected chi connectivity index (χ0v) is 11.3. The monoisotopic (exact) mass is 296 g/mol. The molecule has 3 aromatic rings. The summed E-state index contributed by atoms with van der Waals surface area (Å²) in [6.45, 7) is 0.0851. The maximum absolute atomic E-state index is 13.9. The summed E-state index contributed by atoms with van der Waals surface area (Å²) in [7, 11) is 0. The van der Waals surface area contributed by atoms with E-state index in [2.05, 4.69) is 15.3 Å². The third kappa shape index (κ3) is 2.56. The molecule has 0 radical (unpaired) electrons. The van der Waals surface area contributed by atoms with Crippen molar-refractivity contribution in [1.82, 2.24) is 9.97 Å². The fraction of sp³-hybridized carbons (Fsp3) is 0.0625. The molecule has 4 nitrogen and oxygen atoms in total. The highest BCUT2D eigenvalue weighted by atomic mass is 19.1. The van der Waals surface area contributed by atoms with Gasteiger partial charge < -0.3 is 5.32 Å². The molecule has 0 bridgehead atoms. The predicted molar refractivity (Wildman–Crippen MR) is 77.9 cm³/mol. The fourth-order valence-corrected chi connectivity index (χ4v) is 2.16. The van der Waals surface area contributed by atoms with Crippen LogP contribution in [0.25, 0.3) is 10.9 Å². The molecule has 0 saturated heterocycles. The second-order valence-electron chi connectivity index (χ2n) is 4.63. The van der Waals surface area contributed by atoms with Crippen molar-refractivity contribution in [3.8, 4) is 6.07 Å². The van der Waals surface area contributed by atoms with Gasteiger partial charge in [-0.1, -0.05) is 6.07 Å². The van der Waals surface area contributed by atoms with E-state index in [0.717, 1.165) is 0 Å². The Kier molecular flexibility index (Phi) is 3.62. The van der Waals surface area contributed by atoms with Gasteiger partial charge in [-0.15, -0.1) is 0 Å². The van der Waals surface area contributed by atoms with Crippen molar-refractivity contribution in [2.24, 2.45) is 0 Å². The molecule has 0 amide bonds. The molecule has 0 saturated carbocycles. The average Bonchev–Trinajstić information content (AvgIpc) is 2.54. The normalized spacial score (nSPS) is 10.4. The van der Waals surface area contributed by atoms with Gasteiger partial charge in [0.2, 0.25) is 0 Å². The summed E-state index contributed by atoms with van der Waals surface area (Å²) < 4.78 is 27.7. The minimum Gasteiger partial charge on any atom is -0.365 e. The van der Waals surface area contributed by atoms with E-state index < -0.39 is 11.6 Å². The van der Waals surface area contributed by atoms with Gasteiger partial charge in [0.25, 0.3) is 0 Å².